The number of Topliss-reactive ketones (excluding diaryl/α,β-unsaturated/α-hetero) is 1. The van der Waals surface area contributed by atoms with E-state index in [1.165, 1.54) is 49.2 Å². The topological polar surface area (TPSA) is 450 Å². The summed E-state index contributed by atoms with van der Waals surface area (Å²) in [6, 6.07) is 25.3. The molecule has 2 aromatic heterocycles. The number of fused-ring (bicyclic) bond motifs is 6. The van der Waals surface area contributed by atoms with Crippen molar-refractivity contribution in [3.8, 4) is 40.2 Å². The van der Waals surface area contributed by atoms with Crippen molar-refractivity contribution in [3.63, 3.8) is 0 Å². The van der Waals surface area contributed by atoms with Crippen LogP contribution in [0.2, 0.25) is 0 Å². The van der Waals surface area contributed by atoms with E-state index in [2.05, 4.69) is 22.8 Å². The standard InChI is InChI=1S/C88H111N7O30S4/c1-89-71(56-128(104,105)106)72(97)7-6-17-111-19-21-113-23-25-115-27-29-117-31-33-119-34-32-118-30-28-116-26-24-114-22-20-112-18-16-90-85(101)61-10-13-73(122-88-84(100)83(99)82(98)79(53-96)123-88)78(40-61)125-129(107,108)124-66-11-8-57(9-12-66)51-95(2,3)52-58-37-59(54-120-76-45-69-67(43-74(76)109-4)86(102)93-49-62-14-35-126-80(62)41-64(93)47-91-69)39-60(38-58)55-121-77-46-70-68(44-75(77)110-5)87(103)94-50-63-15-36-127-81(63)42-65(94)48-92-70/h8-15,35-40,43-48,64-65,71,79,82-84,88-89,96,98-100H,6-7,16-34,41-42,49-56H2,1-5H3,(H-,90,101,104,105,106)/p+1/t64-,65-,71+,79+,82-,83-,84+,88?/m0/s1. The lowest BCUT2D eigenvalue weighted by Gasteiger charge is -2.39. The SMILES string of the molecule is CN[C@H](CS(=O)(=O)O)C(=O)CCCOCCOCCOCCOCCOCCOCCOCCOCCOCCNC(=O)c1ccc(OC2O[C@H](CO)[C@H](O)[C@H](O)[C@H]2O)c(OS(=O)(=O)Oc2ccc(C[N+](C)(C)Cc3cc(COc4cc5c(cc4OC)C(=O)N4Cc6ccsc6C[C@H]4C=N5)cc(COc4cc5c(cc4OC)C(=O)N4Cc6ccsc6C[C@H]4C=N5)c3)cc2)c1. The van der Waals surface area contributed by atoms with E-state index in [0.717, 1.165) is 45.5 Å². The highest BCUT2D eigenvalue weighted by molar-refractivity contribution is 7.85. The molecular formula is C88H112N7O30S4+. The van der Waals surface area contributed by atoms with Crippen molar-refractivity contribution in [1.29, 1.82) is 0 Å². The number of ketones is 1. The third-order valence-corrected chi connectivity index (χ3v) is 24.8. The number of quaternary nitrogens is 1. The minimum atomic E-state index is -5.08. The molecule has 1 unspecified atom stereocenters. The summed E-state index contributed by atoms with van der Waals surface area (Å²) in [7, 11) is -0.797. The zero-order chi connectivity index (χ0) is 91.5. The Balaban J connectivity index is 0.587. The Labute approximate surface area is 756 Å². The molecule has 5 aliphatic rings. The van der Waals surface area contributed by atoms with Gasteiger partial charge in [0.05, 0.1) is 194 Å². The van der Waals surface area contributed by atoms with E-state index >= 15 is 0 Å². The molecule has 37 nitrogen and oxygen atoms in total. The molecule has 0 spiro atoms. The van der Waals surface area contributed by atoms with Crippen LogP contribution in [-0.2, 0) is 125 Å². The fraction of sp³-hybridized carbons (Fsp3) is 0.500. The maximum Gasteiger partial charge on any atom is 0.501 e. The highest BCUT2D eigenvalue weighted by atomic mass is 32.3. The van der Waals surface area contributed by atoms with Crippen LogP contribution in [0.3, 0.4) is 0 Å². The highest BCUT2D eigenvalue weighted by Crippen LogP contribution is 2.43. The zero-order valence-corrected chi connectivity index (χ0v) is 75.7. The van der Waals surface area contributed by atoms with Gasteiger partial charge in [-0.15, -0.1) is 31.1 Å². The molecule has 7 aromatic rings. The maximum absolute atomic E-state index is 14.2. The van der Waals surface area contributed by atoms with Crippen LogP contribution in [-0.4, -0.2) is 314 Å². The van der Waals surface area contributed by atoms with Gasteiger partial charge < -0.3 is 125 Å². The fourth-order valence-corrected chi connectivity index (χ4v) is 18.3. The summed E-state index contributed by atoms with van der Waals surface area (Å²) in [5.41, 5.74) is 7.07. The van der Waals surface area contributed by atoms with Gasteiger partial charge in [-0.05, 0) is 131 Å². The van der Waals surface area contributed by atoms with Crippen LogP contribution >= 0.6 is 22.7 Å². The molecule has 0 bridgehead atoms. The van der Waals surface area contributed by atoms with Gasteiger partial charge in [-0.25, -0.2) is 0 Å². The first kappa shape index (κ1) is 98.8. The lowest BCUT2D eigenvalue weighted by molar-refractivity contribution is -0.916. The molecule has 702 valence electrons. The molecule has 1 saturated heterocycles. The first-order chi connectivity index (χ1) is 62.2. The summed E-state index contributed by atoms with van der Waals surface area (Å²) in [6.07, 6.45) is -3.17. The predicted molar refractivity (Wildman–Crippen MR) is 471 cm³/mol. The first-order valence-corrected chi connectivity index (χ1v) is 46.9. The van der Waals surface area contributed by atoms with Gasteiger partial charge in [0.1, 0.15) is 56.5 Å². The average molecular weight is 1880 g/mol. The Morgan fingerprint density at radius 2 is 1.02 bits per heavy atom. The summed E-state index contributed by atoms with van der Waals surface area (Å²) < 4.78 is 156. The van der Waals surface area contributed by atoms with Crippen molar-refractivity contribution in [1.82, 2.24) is 20.4 Å². The van der Waals surface area contributed by atoms with Crippen LogP contribution < -0.4 is 42.7 Å². The van der Waals surface area contributed by atoms with Crippen molar-refractivity contribution in [2.24, 2.45) is 9.98 Å². The maximum atomic E-state index is 14.2. The molecule has 5 aliphatic heterocycles. The smallest absolute Gasteiger partial charge is 0.493 e. The third kappa shape index (κ3) is 28.9. The number of hydrogen-bond donors (Lipinski definition) is 7. The Morgan fingerprint density at radius 3 is 1.50 bits per heavy atom. The van der Waals surface area contributed by atoms with E-state index in [1.54, 1.807) is 59.1 Å². The quantitative estimate of drug-likeness (QED) is 0.0132. The molecule has 8 atom stereocenters. The number of ether oxygens (including phenoxy) is 15. The molecule has 0 aliphatic carbocycles. The number of hydrogen-bond acceptors (Lipinski definition) is 34. The summed E-state index contributed by atoms with van der Waals surface area (Å²) in [5, 5.41) is 51.2. The van der Waals surface area contributed by atoms with Crippen molar-refractivity contribution >= 4 is 90.5 Å². The number of aliphatic hydroxyl groups is 4. The molecular weight excluding hydrogens is 1760 g/mol. The summed E-state index contributed by atoms with van der Waals surface area (Å²) in [5.74, 6) is -1.70. The van der Waals surface area contributed by atoms with E-state index in [4.69, 9.17) is 94.0 Å². The van der Waals surface area contributed by atoms with E-state index in [9.17, 15) is 56.4 Å². The minimum absolute atomic E-state index is 0.0191. The second kappa shape index (κ2) is 48.2. The Kier molecular flexibility index (Phi) is 36.9. The molecule has 3 amide bonds. The summed E-state index contributed by atoms with van der Waals surface area (Å²) in [6.45, 7) is 6.88. The summed E-state index contributed by atoms with van der Waals surface area (Å²) in [4.78, 5) is 70.0. The molecule has 1 fully saturated rings. The number of amides is 3. The van der Waals surface area contributed by atoms with Gasteiger partial charge in [0.25, 0.3) is 27.8 Å². The Morgan fingerprint density at radius 1 is 0.550 bits per heavy atom. The van der Waals surface area contributed by atoms with Crippen molar-refractivity contribution < 1.29 is 145 Å². The second-order valence-electron chi connectivity index (χ2n) is 31.4. The van der Waals surface area contributed by atoms with E-state index in [1.807, 2.05) is 65.3 Å². The number of benzene rings is 5. The van der Waals surface area contributed by atoms with Gasteiger partial charge in [-0.1, -0.05) is 0 Å². The Bertz CT molecular complexity index is 5010. The van der Waals surface area contributed by atoms with Gasteiger partial charge in [0.2, 0.25) is 6.29 Å². The van der Waals surface area contributed by atoms with Gasteiger partial charge in [0.15, 0.2) is 40.3 Å². The predicted octanol–water partition coefficient (Wildman–Crippen LogP) is 5.91. The van der Waals surface area contributed by atoms with Gasteiger partial charge in [0, 0.05) is 96.5 Å². The number of thiophene rings is 2. The van der Waals surface area contributed by atoms with Crippen LogP contribution in [0.5, 0.6) is 40.2 Å². The third-order valence-electron chi connectivity index (χ3n) is 21.3. The van der Waals surface area contributed by atoms with Crippen LogP contribution in [0.4, 0.5) is 11.4 Å². The van der Waals surface area contributed by atoms with E-state index in [0.29, 0.717) is 188 Å². The van der Waals surface area contributed by atoms with E-state index < -0.39 is 87.0 Å². The number of carbonyl (C=O) groups is 4. The van der Waals surface area contributed by atoms with Crippen molar-refractivity contribution in [3.05, 3.63) is 168 Å². The molecule has 12 rings (SSSR count). The fourth-order valence-electron chi connectivity index (χ4n) is 14.9. The number of nitrogens with one attached hydrogen (secondary N) is 2. The number of likely N-dealkylation sites (N-methyl/N-ethyl adjacent to an activating group) is 1. The van der Waals surface area contributed by atoms with Gasteiger partial charge in [-0.2, -0.15) is 8.42 Å². The number of aliphatic imine (C=N–C) groups is 2. The first-order valence-electron chi connectivity index (χ1n) is 42.2. The monoisotopic (exact) mass is 1870 g/mol. The number of carbonyl (C=O) groups excluding carboxylic acids is 4. The number of methoxy groups -OCH3 is 2. The van der Waals surface area contributed by atoms with Crippen molar-refractivity contribution in [2.45, 2.75) is 114 Å². The number of rotatable bonds is 55. The van der Waals surface area contributed by atoms with E-state index in [-0.39, 0.29) is 93.6 Å². The van der Waals surface area contributed by atoms with Gasteiger partial charge >= 0.3 is 10.4 Å². The van der Waals surface area contributed by atoms with Crippen LogP contribution in [0.15, 0.2) is 118 Å². The molecule has 5 aromatic carbocycles. The molecule has 7 N–H and O–H groups in total. The molecule has 0 saturated carbocycles. The Hall–Kier alpha value is -9.26. The largest absolute Gasteiger partial charge is 0.501 e. The van der Waals surface area contributed by atoms with Crippen molar-refractivity contribution in [2.75, 3.05) is 173 Å². The highest BCUT2D eigenvalue weighted by Gasteiger charge is 2.46. The number of aliphatic hydroxyl groups excluding tert-OH is 4. The number of nitrogens with zero attached hydrogens (tertiary/aromatic N) is 5. The summed E-state index contributed by atoms with van der Waals surface area (Å²) >= 11 is 3.35. The zero-order valence-electron chi connectivity index (χ0n) is 72.4. The lowest BCUT2D eigenvalue weighted by Crippen LogP contribution is -2.60. The normalized spacial score (nSPS) is 18.5. The molecule has 129 heavy (non-hydrogen) atoms. The molecule has 41 heteroatoms. The van der Waals surface area contributed by atoms with Crippen LogP contribution in [0.1, 0.15) is 87.1 Å². The van der Waals surface area contributed by atoms with Crippen LogP contribution in [0, 0.1) is 0 Å². The lowest BCUT2D eigenvalue weighted by atomic mass is 9.99. The second-order valence-corrected chi connectivity index (χ2v) is 36.0. The average Bonchev–Trinajstić information content (AvgIpc) is 1.44. The molecule has 7 heterocycles. The molecule has 0 radical (unpaired) electrons. The van der Waals surface area contributed by atoms with Crippen LogP contribution in [0.25, 0.3) is 0 Å². The van der Waals surface area contributed by atoms with Gasteiger partial charge in [-0.3, -0.25) is 33.7 Å². The minimum Gasteiger partial charge on any atom is -0.493 e.